The van der Waals surface area contributed by atoms with Gasteiger partial charge in [0.15, 0.2) is 0 Å². The van der Waals surface area contributed by atoms with E-state index in [4.69, 9.17) is 13.8 Å². The van der Waals surface area contributed by atoms with Crippen molar-refractivity contribution in [3.05, 3.63) is 54.1 Å². The zero-order valence-corrected chi connectivity index (χ0v) is 31.5. The van der Waals surface area contributed by atoms with Crippen molar-refractivity contribution in [3.8, 4) is 0 Å². The molecule has 1 fully saturated rings. The second-order valence-electron chi connectivity index (χ2n) is 14.8. The molecule has 0 spiro atoms. The number of ether oxygens (including phenoxy) is 1. The number of H-pyrrole nitrogens is 1. The Kier molecular flexibility index (Phi) is 16.0. The van der Waals surface area contributed by atoms with Crippen molar-refractivity contribution in [3.63, 3.8) is 0 Å². The van der Waals surface area contributed by atoms with Crippen LogP contribution in [0.1, 0.15) is 98.2 Å². The molecule has 0 aliphatic heterocycles. The minimum atomic E-state index is -3.74. The van der Waals surface area contributed by atoms with Crippen molar-refractivity contribution >= 4 is 25.5 Å². The molecule has 1 aliphatic rings. The van der Waals surface area contributed by atoms with Gasteiger partial charge in [0.05, 0.1) is 36.8 Å². The SMILES string of the molecule is CC(C)OP(=O)(C[C@H](O)[C@H](CC1CCCCC1)NC(=O)[C@@H](Cc1cnc[nH]1)NC(=O)[C@H](Cc1ccccc1)NC(=O)OC(C)(C)C)OC(C)C. The summed E-state index contributed by atoms with van der Waals surface area (Å²) < 4.78 is 30.7. The molecule has 1 heterocycles. The minimum Gasteiger partial charge on any atom is -0.444 e. The highest BCUT2D eigenvalue weighted by Crippen LogP contribution is 2.51. The van der Waals surface area contributed by atoms with Crippen LogP contribution < -0.4 is 16.0 Å². The largest absolute Gasteiger partial charge is 0.444 e. The van der Waals surface area contributed by atoms with Gasteiger partial charge < -0.3 is 39.8 Å². The van der Waals surface area contributed by atoms with Crippen LogP contribution in [0.15, 0.2) is 42.9 Å². The molecule has 1 saturated carbocycles. The average molecular weight is 720 g/mol. The Morgan fingerprint density at radius 2 is 1.52 bits per heavy atom. The van der Waals surface area contributed by atoms with Crippen LogP contribution in [-0.4, -0.2) is 81.2 Å². The number of aromatic nitrogens is 2. The predicted molar refractivity (Wildman–Crippen MR) is 192 cm³/mol. The summed E-state index contributed by atoms with van der Waals surface area (Å²) in [5.41, 5.74) is 0.597. The highest BCUT2D eigenvalue weighted by atomic mass is 31.2. The molecule has 1 aromatic carbocycles. The summed E-state index contributed by atoms with van der Waals surface area (Å²) in [7, 11) is -3.74. The summed E-state index contributed by atoms with van der Waals surface area (Å²) in [5, 5.41) is 20.1. The van der Waals surface area contributed by atoms with Crippen LogP contribution in [0.4, 0.5) is 4.79 Å². The highest BCUT2D eigenvalue weighted by molar-refractivity contribution is 7.53. The lowest BCUT2D eigenvalue weighted by atomic mass is 9.83. The first kappa shape index (κ1) is 41.2. The Labute approximate surface area is 296 Å². The van der Waals surface area contributed by atoms with Crippen molar-refractivity contribution < 1.29 is 37.8 Å². The maximum Gasteiger partial charge on any atom is 0.408 e. The topological polar surface area (TPSA) is 181 Å². The molecule has 14 heteroatoms. The molecule has 50 heavy (non-hydrogen) atoms. The molecule has 4 atom stereocenters. The molecule has 3 rings (SSSR count). The number of imidazole rings is 1. The van der Waals surface area contributed by atoms with Gasteiger partial charge in [-0.15, -0.1) is 0 Å². The lowest BCUT2D eigenvalue weighted by Gasteiger charge is -2.33. The highest BCUT2D eigenvalue weighted by Gasteiger charge is 2.37. The normalized spacial score (nSPS) is 16.8. The van der Waals surface area contributed by atoms with Crippen LogP contribution in [0.5, 0.6) is 0 Å². The van der Waals surface area contributed by atoms with Crippen LogP contribution in [-0.2, 0) is 40.8 Å². The maximum atomic E-state index is 14.2. The van der Waals surface area contributed by atoms with Crippen LogP contribution in [0.3, 0.4) is 0 Å². The van der Waals surface area contributed by atoms with Gasteiger partial charge in [0.2, 0.25) is 11.8 Å². The zero-order chi connectivity index (χ0) is 36.9. The first-order chi connectivity index (χ1) is 23.5. The smallest absolute Gasteiger partial charge is 0.408 e. The summed E-state index contributed by atoms with van der Waals surface area (Å²) in [5.74, 6) is -0.897. The molecule has 13 nitrogen and oxygen atoms in total. The van der Waals surface area contributed by atoms with E-state index in [1.165, 1.54) is 6.33 Å². The van der Waals surface area contributed by atoms with Gasteiger partial charge in [-0.1, -0.05) is 62.4 Å². The van der Waals surface area contributed by atoms with Crippen molar-refractivity contribution in [2.45, 2.75) is 142 Å². The number of aliphatic hydroxyl groups is 1. The number of hydrogen-bond acceptors (Lipinski definition) is 9. The number of hydrogen-bond donors (Lipinski definition) is 5. The number of benzene rings is 1. The summed E-state index contributed by atoms with van der Waals surface area (Å²) >= 11 is 0. The van der Waals surface area contributed by atoms with Crippen LogP contribution in [0.25, 0.3) is 0 Å². The second kappa shape index (κ2) is 19.4. The standard InChI is InChI=1S/C36H58N5O8P/c1-24(2)48-50(46,49-25(3)4)22-32(42)29(18-26-14-10-8-11-15-26)39-34(44)31(20-28-21-37-23-38-28)40-33(43)30(19-27-16-12-9-13-17-27)41-35(45)47-36(5,6)7/h9,12-13,16-17,21,23-26,29-32,42H,8,10-11,14-15,18-20,22H2,1-7H3,(H,37,38)(H,39,44)(H,40,43)(H,41,45)/t29-,30-,31+,32-/m0/s1. The number of nitrogens with one attached hydrogen (secondary N) is 4. The molecular formula is C36H58N5O8P. The molecule has 1 aromatic heterocycles. The van der Waals surface area contributed by atoms with Crippen molar-refractivity contribution in [2.24, 2.45) is 5.92 Å². The summed E-state index contributed by atoms with van der Waals surface area (Å²) in [6.45, 7) is 12.2. The molecule has 2 aromatic rings. The number of rotatable bonds is 18. The van der Waals surface area contributed by atoms with E-state index in [-0.39, 0.29) is 24.9 Å². The first-order valence-electron chi connectivity index (χ1n) is 17.8. The first-order valence-corrected chi connectivity index (χ1v) is 19.5. The van der Waals surface area contributed by atoms with Gasteiger partial charge in [-0.2, -0.15) is 0 Å². The lowest BCUT2D eigenvalue weighted by Crippen LogP contribution is -2.58. The monoisotopic (exact) mass is 719 g/mol. The summed E-state index contributed by atoms with van der Waals surface area (Å²) in [6.07, 6.45) is 5.69. The Hall–Kier alpha value is -3.25. The van der Waals surface area contributed by atoms with Gasteiger partial charge in [0.1, 0.15) is 17.7 Å². The van der Waals surface area contributed by atoms with Gasteiger partial charge in [-0.05, 0) is 66.4 Å². The van der Waals surface area contributed by atoms with Gasteiger partial charge in [-0.3, -0.25) is 14.2 Å². The van der Waals surface area contributed by atoms with Gasteiger partial charge >= 0.3 is 13.7 Å². The average Bonchev–Trinajstić information content (AvgIpc) is 3.52. The summed E-state index contributed by atoms with van der Waals surface area (Å²) in [4.78, 5) is 47.9. The van der Waals surface area contributed by atoms with E-state index >= 15 is 0 Å². The Morgan fingerprint density at radius 1 is 0.920 bits per heavy atom. The van der Waals surface area contributed by atoms with Crippen molar-refractivity contribution in [2.75, 3.05) is 6.16 Å². The molecule has 3 amide bonds. The van der Waals surface area contributed by atoms with E-state index in [1.807, 2.05) is 30.3 Å². The molecule has 0 saturated heterocycles. The third-order valence-electron chi connectivity index (χ3n) is 8.16. The quantitative estimate of drug-likeness (QED) is 0.126. The Morgan fingerprint density at radius 3 is 2.08 bits per heavy atom. The number of carbonyl (C=O) groups is 3. The van der Waals surface area contributed by atoms with Crippen molar-refractivity contribution in [1.29, 1.82) is 0 Å². The van der Waals surface area contributed by atoms with Crippen LogP contribution in [0.2, 0.25) is 0 Å². The van der Waals surface area contributed by atoms with E-state index in [1.54, 1.807) is 54.7 Å². The molecule has 5 N–H and O–H groups in total. The van der Waals surface area contributed by atoms with Crippen molar-refractivity contribution in [1.82, 2.24) is 25.9 Å². The fourth-order valence-corrected chi connectivity index (χ4v) is 8.31. The third kappa shape index (κ3) is 14.9. The lowest BCUT2D eigenvalue weighted by molar-refractivity contribution is -0.131. The fourth-order valence-electron chi connectivity index (χ4n) is 6.09. The molecular weight excluding hydrogens is 661 g/mol. The minimum absolute atomic E-state index is 0.0553. The number of carbonyl (C=O) groups excluding carboxylic acids is 3. The third-order valence-corrected chi connectivity index (χ3v) is 10.5. The number of nitrogens with zero attached hydrogens (tertiary/aromatic N) is 1. The number of amides is 3. The number of aliphatic hydroxyl groups excluding tert-OH is 1. The summed E-state index contributed by atoms with van der Waals surface area (Å²) in [6, 6.07) is 6.22. The molecule has 0 unspecified atom stereocenters. The van der Waals surface area contributed by atoms with Crippen LogP contribution in [0, 0.1) is 5.92 Å². The molecule has 0 radical (unpaired) electrons. The fraction of sp³-hybridized carbons (Fsp3) is 0.667. The number of aromatic amines is 1. The van der Waals surface area contributed by atoms with E-state index in [0.717, 1.165) is 37.7 Å². The van der Waals surface area contributed by atoms with Crippen LogP contribution >= 0.6 is 7.60 Å². The second-order valence-corrected chi connectivity index (χ2v) is 16.8. The van der Waals surface area contributed by atoms with E-state index in [2.05, 4.69) is 25.9 Å². The van der Waals surface area contributed by atoms with Gasteiger partial charge in [0, 0.05) is 24.7 Å². The zero-order valence-electron chi connectivity index (χ0n) is 30.6. The molecule has 280 valence electrons. The molecule has 1 aliphatic carbocycles. The predicted octanol–water partition coefficient (Wildman–Crippen LogP) is 5.43. The van der Waals surface area contributed by atoms with Gasteiger partial charge in [-0.25, -0.2) is 9.78 Å². The number of alkyl carbamates (subject to hydrolysis) is 1. The Bertz CT molecular complexity index is 1360. The maximum absolute atomic E-state index is 14.2. The van der Waals surface area contributed by atoms with E-state index < -0.39 is 67.5 Å². The van der Waals surface area contributed by atoms with E-state index in [9.17, 15) is 24.1 Å². The molecule has 0 bridgehead atoms. The van der Waals surface area contributed by atoms with E-state index in [0.29, 0.717) is 12.1 Å². The Balaban J connectivity index is 1.88. The van der Waals surface area contributed by atoms with Gasteiger partial charge in [0.25, 0.3) is 0 Å².